The van der Waals surface area contributed by atoms with Crippen molar-refractivity contribution in [2.75, 3.05) is 35.2 Å². The third-order valence-electron chi connectivity index (χ3n) is 2.29. The Labute approximate surface area is 119 Å². The Hall–Kier alpha value is -1.47. The smallest absolute Gasteiger partial charge is 0.339 e. The number of benzene rings is 1. The molecule has 6 nitrogen and oxygen atoms in total. The minimum atomic E-state index is -0.512. The van der Waals surface area contributed by atoms with E-state index < -0.39 is 5.97 Å². The number of hydrogen-bond donors (Lipinski definition) is 0. The molecule has 1 rings (SSSR count). The Kier molecular flexibility index (Phi) is 5.91. The highest BCUT2D eigenvalue weighted by molar-refractivity contribution is 9.10. The fraction of sp³-hybridized carbons (Fsp3) is 0.417. The summed E-state index contributed by atoms with van der Waals surface area (Å²) in [5.74, 6) is 0.502. The first-order valence-corrected chi connectivity index (χ1v) is 6.04. The lowest BCUT2D eigenvalue weighted by molar-refractivity contribution is 0.0469. The Balaban J connectivity index is 3.39. The van der Waals surface area contributed by atoms with Gasteiger partial charge in [0.25, 0.3) is 0 Å². The van der Waals surface area contributed by atoms with Crippen LogP contribution in [0.25, 0.3) is 0 Å². The van der Waals surface area contributed by atoms with Crippen molar-refractivity contribution in [2.45, 2.75) is 0 Å². The van der Waals surface area contributed by atoms with E-state index in [1.165, 1.54) is 34.5 Å². The quantitative estimate of drug-likeness (QED) is 0.587. The Bertz CT molecular complexity index is 460. The fourth-order valence-electron chi connectivity index (χ4n) is 1.44. The molecule has 0 aliphatic carbocycles. The van der Waals surface area contributed by atoms with Crippen LogP contribution in [0.4, 0.5) is 0 Å². The minimum Gasteiger partial charge on any atom is -0.493 e. The SMILES string of the molecule is COCOc1c(OC)cc(C(=O)OC)c(Br)c1OC. The first-order chi connectivity index (χ1) is 9.10. The lowest BCUT2D eigenvalue weighted by atomic mass is 10.2. The number of ether oxygens (including phenoxy) is 5. The molecular weight excluding hydrogens is 320 g/mol. The molecule has 1 aromatic carbocycles. The maximum atomic E-state index is 11.7. The molecule has 0 radical (unpaired) electrons. The lowest BCUT2D eigenvalue weighted by Gasteiger charge is -2.17. The average molecular weight is 335 g/mol. The molecular formula is C12H15BrO6. The van der Waals surface area contributed by atoms with Crippen molar-refractivity contribution in [2.24, 2.45) is 0 Å². The maximum Gasteiger partial charge on any atom is 0.339 e. The summed E-state index contributed by atoms with van der Waals surface area (Å²) in [5, 5.41) is 0. The topological polar surface area (TPSA) is 63.2 Å². The van der Waals surface area contributed by atoms with Gasteiger partial charge in [0.05, 0.1) is 31.4 Å². The number of methoxy groups -OCH3 is 4. The number of esters is 1. The number of carbonyl (C=O) groups excluding carboxylic acids is 1. The van der Waals surface area contributed by atoms with Crippen LogP contribution in [-0.2, 0) is 9.47 Å². The first kappa shape index (κ1) is 15.6. The summed E-state index contributed by atoms with van der Waals surface area (Å²) in [5.41, 5.74) is 0.279. The molecule has 0 aliphatic heterocycles. The lowest BCUT2D eigenvalue weighted by Crippen LogP contribution is -2.08. The van der Waals surface area contributed by atoms with Gasteiger partial charge in [0.1, 0.15) is 0 Å². The molecule has 0 amide bonds. The molecule has 0 saturated heterocycles. The molecule has 0 unspecified atom stereocenters. The first-order valence-electron chi connectivity index (χ1n) is 5.25. The van der Waals surface area contributed by atoms with E-state index in [0.717, 1.165) is 0 Å². The summed E-state index contributed by atoms with van der Waals surface area (Å²) in [6.07, 6.45) is 0. The summed E-state index contributed by atoms with van der Waals surface area (Å²) in [6.45, 7) is 0.0245. The van der Waals surface area contributed by atoms with Crippen LogP contribution in [0.2, 0.25) is 0 Å². The van der Waals surface area contributed by atoms with E-state index in [9.17, 15) is 4.79 Å². The number of halogens is 1. The van der Waals surface area contributed by atoms with Crippen LogP contribution in [0.1, 0.15) is 10.4 Å². The van der Waals surface area contributed by atoms with E-state index >= 15 is 0 Å². The van der Waals surface area contributed by atoms with Crippen molar-refractivity contribution >= 4 is 21.9 Å². The van der Waals surface area contributed by atoms with E-state index in [1.807, 2.05) is 0 Å². The van der Waals surface area contributed by atoms with E-state index in [4.69, 9.17) is 23.7 Å². The number of rotatable bonds is 6. The molecule has 7 heteroatoms. The van der Waals surface area contributed by atoms with Crippen LogP contribution in [0.15, 0.2) is 10.5 Å². The summed E-state index contributed by atoms with van der Waals surface area (Å²) in [6, 6.07) is 1.50. The normalized spacial score (nSPS) is 9.95. The standard InChI is InChI=1S/C12H15BrO6/c1-15-6-19-10-8(16-2)5-7(12(14)18-4)9(13)11(10)17-3/h5H,6H2,1-4H3. The molecule has 0 atom stereocenters. The van der Waals surface area contributed by atoms with Gasteiger partial charge in [0.2, 0.25) is 5.75 Å². The van der Waals surface area contributed by atoms with Crippen molar-refractivity contribution in [3.63, 3.8) is 0 Å². The van der Waals surface area contributed by atoms with Crippen LogP contribution in [0, 0.1) is 0 Å². The van der Waals surface area contributed by atoms with Crippen LogP contribution >= 0.6 is 15.9 Å². The third kappa shape index (κ3) is 3.30. The van der Waals surface area contributed by atoms with E-state index in [0.29, 0.717) is 21.7 Å². The van der Waals surface area contributed by atoms with Gasteiger partial charge in [0.15, 0.2) is 18.3 Å². The second-order valence-electron chi connectivity index (χ2n) is 3.35. The van der Waals surface area contributed by atoms with Gasteiger partial charge in [-0.25, -0.2) is 4.79 Å². The molecule has 0 aliphatic rings. The Morgan fingerprint density at radius 3 is 2.32 bits per heavy atom. The van der Waals surface area contributed by atoms with Gasteiger partial charge in [-0.1, -0.05) is 0 Å². The zero-order valence-corrected chi connectivity index (χ0v) is 12.7. The molecule has 0 bridgehead atoms. The van der Waals surface area contributed by atoms with Crippen LogP contribution < -0.4 is 14.2 Å². The minimum absolute atomic E-state index is 0.0245. The van der Waals surface area contributed by atoms with Gasteiger partial charge in [-0.3, -0.25) is 0 Å². The van der Waals surface area contributed by atoms with Crippen LogP contribution in [0.5, 0.6) is 17.2 Å². The van der Waals surface area contributed by atoms with Gasteiger partial charge in [-0.15, -0.1) is 0 Å². The second-order valence-corrected chi connectivity index (χ2v) is 4.14. The van der Waals surface area contributed by atoms with E-state index in [2.05, 4.69) is 15.9 Å². The molecule has 0 aromatic heterocycles. The van der Waals surface area contributed by atoms with Crippen molar-refractivity contribution in [3.8, 4) is 17.2 Å². The molecule has 0 heterocycles. The van der Waals surface area contributed by atoms with E-state index in [-0.39, 0.29) is 12.4 Å². The summed E-state index contributed by atoms with van der Waals surface area (Å²) in [7, 11) is 5.71. The maximum absolute atomic E-state index is 11.7. The predicted molar refractivity (Wildman–Crippen MR) is 71.1 cm³/mol. The van der Waals surface area contributed by atoms with Gasteiger partial charge in [-0.2, -0.15) is 0 Å². The summed E-state index contributed by atoms with van der Waals surface area (Å²) in [4.78, 5) is 11.7. The highest BCUT2D eigenvalue weighted by Crippen LogP contribution is 2.45. The zero-order chi connectivity index (χ0) is 14.4. The molecule has 19 heavy (non-hydrogen) atoms. The zero-order valence-electron chi connectivity index (χ0n) is 11.1. The number of carbonyl (C=O) groups is 1. The van der Waals surface area contributed by atoms with Gasteiger partial charge >= 0.3 is 5.97 Å². The summed E-state index contributed by atoms with van der Waals surface area (Å²) >= 11 is 3.29. The average Bonchev–Trinajstić information content (AvgIpc) is 2.44. The van der Waals surface area contributed by atoms with Gasteiger partial charge < -0.3 is 23.7 Å². The molecule has 1 aromatic rings. The van der Waals surface area contributed by atoms with Crippen LogP contribution in [-0.4, -0.2) is 41.2 Å². The van der Waals surface area contributed by atoms with Crippen molar-refractivity contribution in [1.29, 1.82) is 0 Å². The highest BCUT2D eigenvalue weighted by atomic mass is 79.9. The number of hydrogen-bond acceptors (Lipinski definition) is 6. The monoisotopic (exact) mass is 334 g/mol. The predicted octanol–water partition coefficient (Wildman–Crippen LogP) is 2.24. The molecule has 0 spiro atoms. The third-order valence-corrected chi connectivity index (χ3v) is 3.08. The van der Waals surface area contributed by atoms with E-state index in [1.54, 1.807) is 0 Å². The van der Waals surface area contributed by atoms with Gasteiger partial charge in [0, 0.05) is 7.11 Å². The molecule has 0 saturated carbocycles. The largest absolute Gasteiger partial charge is 0.493 e. The van der Waals surface area contributed by atoms with Crippen molar-refractivity contribution in [1.82, 2.24) is 0 Å². The summed E-state index contributed by atoms with van der Waals surface area (Å²) < 4.78 is 25.8. The Morgan fingerprint density at radius 1 is 1.16 bits per heavy atom. The second kappa shape index (κ2) is 7.20. The molecule has 0 N–H and O–H groups in total. The molecule has 106 valence electrons. The van der Waals surface area contributed by atoms with Gasteiger partial charge in [-0.05, 0) is 22.0 Å². The molecule has 0 fully saturated rings. The van der Waals surface area contributed by atoms with Crippen molar-refractivity contribution < 1.29 is 28.5 Å². The van der Waals surface area contributed by atoms with Crippen LogP contribution in [0.3, 0.4) is 0 Å². The Morgan fingerprint density at radius 2 is 1.84 bits per heavy atom. The fourth-order valence-corrected chi connectivity index (χ4v) is 2.06. The van der Waals surface area contributed by atoms with Crippen molar-refractivity contribution in [3.05, 3.63) is 16.1 Å². The highest BCUT2D eigenvalue weighted by Gasteiger charge is 2.23.